The summed E-state index contributed by atoms with van der Waals surface area (Å²) >= 11 is 1.54. The van der Waals surface area contributed by atoms with Crippen LogP contribution in [0.2, 0.25) is 0 Å². The maximum Gasteiger partial charge on any atom is 0.237 e. The summed E-state index contributed by atoms with van der Waals surface area (Å²) in [6, 6.07) is 19.8. The molecule has 0 aliphatic rings. The number of rotatable bonds is 9. The summed E-state index contributed by atoms with van der Waals surface area (Å²) < 4.78 is 7.66. The number of hydrogen-bond donors (Lipinski definition) is 1. The number of benzene rings is 1. The maximum absolute atomic E-state index is 12.5. The summed E-state index contributed by atoms with van der Waals surface area (Å²) in [7, 11) is 0. The van der Waals surface area contributed by atoms with Crippen molar-refractivity contribution in [1.82, 2.24) is 10.2 Å². The van der Waals surface area contributed by atoms with Crippen LogP contribution >= 0.6 is 11.3 Å². The molecule has 152 valence electrons. The van der Waals surface area contributed by atoms with Gasteiger partial charge in [-0.15, -0.1) is 11.3 Å². The number of ketones is 1. The van der Waals surface area contributed by atoms with Crippen LogP contribution < -0.4 is 9.30 Å². The fraction of sp³-hybridized carbons (Fsp3) is 0.208. The number of aromatic nitrogens is 3. The third-order valence-corrected chi connectivity index (χ3v) is 5.77. The van der Waals surface area contributed by atoms with Gasteiger partial charge in [0, 0.05) is 10.9 Å². The average molecular weight is 419 g/mol. The zero-order valence-corrected chi connectivity index (χ0v) is 17.7. The summed E-state index contributed by atoms with van der Waals surface area (Å²) in [6.07, 6.45) is 5.63. The van der Waals surface area contributed by atoms with Crippen LogP contribution in [0, 0.1) is 6.92 Å². The highest BCUT2D eigenvalue weighted by Gasteiger charge is 2.15. The van der Waals surface area contributed by atoms with Crippen molar-refractivity contribution in [2.75, 3.05) is 6.61 Å². The summed E-state index contributed by atoms with van der Waals surface area (Å²) in [4.78, 5) is 14.4. The molecule has 0 amide bonds. The van der Waals surface area contributed by atoms with Crippen molar-refractivity contribution < 1.29 is 14.1 Å². The molecule has 0 aliphatic carbocycles. The van der Waals surface area contributed by atoms with Gasteiger partial charge in [0.2, 0.25) is 12.3 Å². The van der Waals surface area contributed by atoms with Gasteiger partial charge in [0.15, 0.2) is 12.4 Å². The molecule has 0 radical (unpaired) electrons. The second-order valence-corrected chi connectivity index (χ2v) is 8.42. The fourth-order valence-corrected chi connectivity index (χ4v) is 4.00. The number of pyridine rings is 1. The molecule has 3 heterocycles. The van der Waals surface area contributed by atoms with Crippen LogP contribution in [0.5, 0.6) is 5.75 Å². The van der Waals surface area contributed by atoms with Crippen molar-refractivity contribution in [3.05, 3.63) is 88.5 Å². The van der Waals surface area contributed by atoms with Crippen LogP contribution in [-0.4, -0.2) is 22.6 Å². The number of nitrogens with one attached hydrogen (secondary N) is 1. The minimum absolute atomic E-state index is 0.124. The number of carbonyl (C=O) groups is 1. The standard InChI is InChI=1S/C24H24N3O2S/c1-18-11-12-24(30-18)23(28)17-27-13-5-7-19(16-27)22-15-20(25-26-22)8-6-14-29-21-9-3-2-4-10-21/h2-5,7,9-13,15-16H,6,8,14,17H2,1H3,(H,25,26)/q+1. The summed E-state index contributed by atoms with van der Waals surface area (Å²) in [5.74, 6) is 1.01. The van der Waals surface area contributed by atoms with Gasteiger partial charge in [0.05, 0.1) is 28.4 Å². The molecule has 5 nitrogen and oxygen atoms in total. The molecule has 4 aromatic rings. The number of nitrogens with zero attached hydrogens (tertiary/aromatic N) is 2. The van der Waals surface area contributed by atoms with E-state index in [2.05, 4.69) is 16.3 Å². The first-order valence-electron chi connectivity index (χ1n) is 9.98. The van der Waals surface area contributed by atoms with Crippen molar-refractivity contribution in [1.29, 1.82) is 0 Å². The number of thiophene rings is 1. The van der Waals surface area contributed by atoms with Crippen molar-refractivity contribution in [2.24, 2.45) is 0 Å². The Morgan fingerprint density at radius 3 is 2.80 bits per heavy atom. The summed E-state index contributed by atoms with van der Waals surface area (Å²) in [6.45, 7) is 2.99. The Balaban J connectivity index is 1.34. The van der Waals surface area contributed by atoms with Crippen LogP contribution in [-0.2, 0) is 13.0 Å². The fourth-order valence-electron chi connectivity index (χ4n) is 3.21. The SMILES string of the molecule is Cc1ccc(C(=O)C[n+]2cccc(-c3cc(CCCOc4ccccc4)n[nH]3)c2)s1. The Morgan fingerprint density at radius 2 is 2.00 bits per heavy atom. The van der Waals surface area contributed by atoms with Crippen LogP contribution in [0.4, 0.5) is 0 Å². The molecule has 30 heavy (non-hydrogen) atoms. The van der Waals surface area contributed by atoms with Crippen molar-refractivity contribution in [3.8, 4) is 17.0 Å². The Morgan fingerprint density at radius 1 is 1.13 bits per heavy atom. The molecule has 1 aromatic carbocycles. The highest BCUT2D eigenvalue weighted by molar-refractivity contribution is 7.13. The number of carbonyl (C=O) groups excluding carboxylic acids is 1. The zero-order valence-electron chi connectivity index (χ0n) is 16.9. The average Bonchev–Trinajstić information content (AvgIpc) is 3.41. The predicted octanol–water partition coefficient (Wildman–Crippen LogP) is 4.63. The molecule has 0 aliphatic heterocycles. The molecule has 0 bridgehead atoms. The van der Waals surface area contributed by atoms with Crippen molar-refractivity contribution in [2.45, 2.75) is 26.3 Å². The first kappa shape index (κ1) is 20.0. The van der Waals surface area contributed by atoms with Crippen LogP contribution in [0.3, 0.4) is 0 Å². The zero-order chi connectivity index (χ0) is 20.8. The van der Waals surface area contributed by atoms with Gasteiger partial charge in [-0.2, -0.15) is 9.67 Å². The highest BCUT2D eigenvalue weighted by Crippen LogP contribution is 2.18. The second-order valence-electron chi connectivity index (χ2n) is 7.14. The van der Waals surface area contributed by atoms with Crippen LogP contribution in [0.25, 0.3) is 11.3 Å². The highest BCUT2D eigenvalue weighted by atomic mass is 32.1. The third-order valence-electron chi connectivity index (χ3n) is 4.73. The van der Waals surface area contributed by atoms with E-state index in [-0.39, 0.29) is 5.78 Å². The third kappa shape index (κ3) is 5.21. The molecule has 0 saturated carbocycles. The van der Waals surface area contributed by atoms with Gasteiger partial charge in [-0.3, -0.25) is 9.89 Å². The smallest absolute Gasteiger partial charge is 0.237 e. The van der Waals surface area contributed by atoms with Crippen LogP contribution in [0.15, 0.2) is 73.1 Å². The molecule has 0 spiro atoms. The number of para-hydroxylation sites is 1. The molecule has 0 fully saturated rings. The number of Topliss-reactive ketones (excluding diaryl/α,β-unsaturated/α-hetero) is 1. The quantitative estimate of drug-likeness (QED) is 0.245. The van der Waals surface area contributed by atoms with Gasteiger partial charge in [-0.1, -0.05) is 18.2 Å². The van der Waals surface area contributed by atoms with E-state index >= 15 is 0 Å². The van der Waals surface area contributed by atoms with Gasteiger partial charge in [0.1, 0.15) is 5.75 Å². The van der Waals surface area contributed by atoms with E-state index in [0.717, 1.165) is 45.3 Å². The second kappa shape index (κ2) is 9.50. The Hall–Kier alpha value is -3.25. The van der Waals surface area contributed by atoms with Gasteiger partial charge in [0.25, 0.3) is 0 Å². The minimum Gasteiger partial charge on any atom is -0.494 e. The first-order valence-corrected chi connectivity index (χ1v) is 10.8. The Labute approximate surface area is 180 Å². The predicted molar refractivity (Wildman–Crippen MR) is 118 cm³/mol. The maximum atomic E-state index is 12.5. The van der Waals surface area contributed by atoms with E-state index in [9.17, 15) is 4.79 Å². The Bertz CT molecular complexity index is 1120. The number of ether oxygens (including phenoxy) is 1. The van der Waals surface area contributed by atoms with Gasteiger partial charge >= 0.3 is 0 Å². The molecule has 6 heteroatoms. The first-order chi connectivity index (χ1) is 14.7. The van der Waals surface area contributed by atoms with Gasteiger partial charge in [-0.25, -0.2) is 0 Å². The summed E-state index contributed by atoms with van der Waals surface area (Å²) in [5, 5.41) is 7.53. The van der Waals surface area contributed by atoms with E-state index in [1.807, 2.05) is 78.5 Å². The molecule has 0 unspecified atom stereocenters. The molecule has 1 N–H and O–H groups in total. The Kier molecular flexibility index (Phi) is 6.35. The topological polar surface area (TPSA) is 58.9 Å². The lowest BCUT2D eigenvalue weighted by atomic mass is 10.1. The number of aromatic amines is 1. The molecule has 4 rings (SSSR count). The molecular weight excluding hydrogens is 394 g/mol. The van der Waals surface area contributed by atoms with E-state index in [4.69, 9.17) is 4.74 Å². The minimum atomic E-state index is 0.124. The van der Waals surface area contributed by atoms with Gasteiger partial charge in [-0.05, 0) is 56.2 Å². The monoisotopic (exact) mass is 418 g/mol. The lowest BCUT2D eigenvalue weighted by Crippen LogP contribution is -2.37. The lowest BCUT2D eigenvalue weighted by Gasteiger charge is -2.04. The molecule has 0 atom stereocenters. The van der Waals surface area contributed by atoms with E-state index in [0.29, 0.717) is 13.2 Å². The van der Waals surface area contributed by atoms with Crippen LogP contribution in [0.1, 0.15) is 26.7 Å². The van der Waals surface area contributed by atoms with Crippen molar-refractivity contribution >= 4 is 17.1 Å². The molecular formula is C24H24N3O2S+. The molecule has 3 aromatic heterocycles. The normalized spacial score (nSPS) is 10.8. The van der Waals surface area contributed by atoms with E-state index in [1.54, 1.807) is 0 Å². The molecule has 0 saturated heterocycles. The van der Waals surface area contributed by atoms with E-state index in [1.165, 1.54) is 11.3 Å². The number of hydrogen-bond acceptors (Lipinski definition) is 4. The number of aryl methyl sites for hydroxylation is 2. The van der Waals surface area contributed by atoms with E-state index < -0.39 is 0 Å². The van der Waals surface area contributed by atoms with Crippen molar-refractivity contribution in [3.63, 3.8) is 0 Å². The largest absolute Gasteiger partial charge is 0.494 e. The summed E-state index contributed by atoms with van der Waals surface area (Å²) in [5.41, 5.74) is 2.96. The number of H-pyrrole nitrogens is 1. The lowest BCUT2D eigenvalue weighted by molar-refractivity contribution is -0.682. The van der Waals surface area contributed by atoms with Gasteiger partial charge < -0.3 is 4.74 Å².